The summed E-state index contributed by atoms with van der Waals surface area (Å²) in [5.41, 5.74) is 5.72. The van der Waals surface area contributed by atoms with E-state index in [0.717, 1.165) is 29.7 Å². The smallest absolute Gasteiger partial charge is 0.333 e. The lowest BCUT2D eigenvalue weighted by Gasteiger charge is -2.12. The average Bonchev–Trinajstić information content (AvgIpc) is 1.19. The standard InChI is InChI=1S/C21H24O2.C17H24O9.C17H28O7.C15H24O7.3H2O/c1-3-18-6-10-20(11-7-18)16-22-14-5-15-23-17-21-12-8-19(4-2)9-13-21;1-11(2)16(21)24-7-5-6-23-14(19)8-15(20)25-9-13(18)10-26-17(22)12(3)4;1-13(2)16(19)23-10-6-8-21-7-5-9-22-11-15(18)12-24-17(20)14(3)4;1-3-14(17)21-10-6-8-19-7-5-9-20-11-13(16)12-22-15(18)4-2;;;/h3-4,6-13H,1-2,5,14-17H2;13,18H,1,3,5-10H2,2,4H3;15,18H,1,3,5-12H2,2,4H3;3-4,13,16H,1-2,5-12H2;3*1H2. The Morgan fingerprint density at radius 2 is 0.622 bits per heavy atom. The Hall–Kier alpha value is -8.36. The van der Waals surface area contributed by atoms with Gasteiger partial charge in [-0.1, -0.05) is 113 Å². The van der Waals surface area contributed by atoms with Crippen LogP contribution in [-0.4, -0.2) is 217 Å². The highest BCUT2D eigenvalue weighted by atomic mass is 16.6. The quantitative estimate of drug-likeness (QED) is 0.0255. The highest BCUT2D eigenvalue weighted by Crippen LogP contribution is 2.09. The predicted octanol–water partition coefficient (Wildman–Crippen LogP) is 5.09. The second-order valence-electron chi connectivity index (χ2n) is 20.3. The van der Waals surface area contributed by atoms with Gasteiger partial charge in [0.25, 0.3) is 0 Å². The molecule has 0 aliphatic rings. The van der Waals surface area contributed by atoms with Crippen LogP contribution in [0, 0.1) is 0 Å². The fraction of sp³-hybridized carbons (Fsp3) is 0.486. The number of aliphatic hydroxyl groups is 3. The van der Waals surface area contributed by atoms with E-state index >= 15 is 0 Å². The zero-order valence-electron chi connectivity index (χ0n) is 57.2. The average molecular weight is 1400 g/mol. The molecule has 0 aromatic heterocycles. The van der Waals surface area contributed by atoms with Crippen molar-refractivity contribution in [1.82, 2.24) is 0 Å². The van der Waals surface area contributed by atoms with E-state index in [4.69, 9.17) is 52.1 Å². The number of esters is 8. The molecule has 3 unspecified atom stereocenters. The molecule has 98 heavy (non-hydrogen) atoms. The molecule has 0 heterocycles. The van der Waals surface area contributed by atoms with Crippen molar-refractivity contribution in [3.05, 3.63) is 158 Å². The third-order valence-electron chi connectivity index (χ3n) is 11.1. The Kier molecular flexibility index (Phi) is 66.1. The molecule has 0 aliphatic carbocycles. The van der Waals surface area contributed by atoms with Crippen LogP contribution >= 0.6 is 0 Å². The summed E-state index contributed by atoms with van der Waals surface area (Å²) in [5, 5.41) is 28.5. The Labute approximate surface area is 575 Å². The van der Waals surface area contributed by atoms with Gasteiger partial charge in [0.05, 0.1) is 52.9 Å². The molecule has 0 saturated heterocycles. The number of ether oxygens (including phenoxy) is 14. The number of hydrogen-bond donors (Lipinski definition) is 3. The van der Waals surface area contributed by atoms with Crippen LogP contribution in [0.25, 0.3) is 12.2 Å². The molecule has 28 nitrogen and oxygen atoms in total. The van der Waals surface area contributed by atoms with Crippen molar-refractivity contribution in [2.75, 3.05) is 119 Å². The maximum absolute atomic E-state index is 11.4. The van der Waals surface area contributed by atoms with Crippen molar-refractivity contribution < 1.29 is 136 Å². The van der Waals surface area contributed by atoms with Crippen LogP contribution in [0.4, 0.5) is 0 Å². The fourth-order valence-electron chi connectivity index (χ4n) is 6.07. The Bertz CT molecular complexity index is 2560. The molecular formula is C70H106O28. The third kappa shape index (κ3) is 61.2. The van der Waals surface area contributed by atoms with Crippen molar-refractivity contribution in [2.24, 2.45) is 0 Å². The second kappa shape index (κ2) is 65.9. The third-order valence-corrected chi connectivity index (χ3v) is 11.1. The maximum Gasteiger partial charge on any atom is 0.333 e. The van der Waals surface area contributed by atoms with Crippen LogP contribution in [0.2, 0.25) is 0 Å². The van der Waals surface area contributed by atoms with Crippen molar-refractivity contribution in [3.8, 4) is 0 Å². The molecule has 0 radical (unpaired) electrons. The summed E-state index contributed by atoms with van der Waals surface area (Å²) in [4.78, 5) is 88.7. The zero-order valence-corrected chi connectivity index (χ0v) is 57.2. The number of rotatable bonds is 50. The van der Waals surface area contributed by atoms with Gasteiger partial charge in [-0.25, -0.2) is 28.8 Å². The molecule has 0 bridgehead atoms. The van der Waals surface area contributed by atoms with Gasteiger partial charge in [-0.15, -0.1) is 0 Å². The number of carbonyl (C=O) groups is 8. The minimum Gasteiger partial charge on any atom is -0.465 e. The minimum atomic E-state index is -1.22. The monoisotopic (exact) mass is 1390 g/mol. The Morgan fingerprint density at radius 3 is 0.990 bits per heavy atom. The summed E-state index contributed by atoms with van der Waals surface area (Å²) in [6, 6.07) is 16.5. The Balaban J connectivity index is -0.000000389. The van der Waals surface area contributed by atoms with Crippen molar-refractivity contribution >= 4 is 59.9 Å². The summed E-state index contributed by atoms with van der Waals surface area (Å²) in [6.45, 7) is 39.1. The summed E-state index contributed by atoms with van der Waals surface area (Å²) in [7, 11) is 0. The molecule has 9 N–H and O–H groups in total. The van der Waals surface area contributed by atoms with E-state index in [0.29, 0.717) is 111 Å². The molecule has 2 aromatic carbocycles. The second-order valence-corrected chi connectivity index (χ2v) is 20.3. The highest BCUT2D eigenvalue weighted by Gasteiger charge is 2.17. The van der Waals surface area contributed by atoms with E-state index in [1.165, 1.54) is 31.9 Å². The van der Waals surface area contributed by atoms with Gasteiger partial charge >= 0.3 is 47.8 Å². The number of hydrogen-bond acceptors (Lipinski definition) is 25. The summed E-state index contributed by atoms with van der Waals surface area (Å²) in [6.07, 6.45) is 6.00. The topological polar surface area (TPSA) is 421 Å². The van der Waals surface area contributed by atoms with E-state index in [-0.39, 0.29) is 85.8 Å². The lowest BCUT2D eigenvalue weighted by atomic mass is 10.1. The van der Waals surface area contributed by atoms with Gasteiger partial charge in [0, 0.05) is 107 Å². The van der Waals surface area contributed by atoms with Crippen molar-refractivity contribution in [3.63, 3.8) is 0 Å². The van der Waals surface area contributed by atoms with Crippen molar-refractivity contribution in [1.29, 1.82) is 0 Å². The normalized spacial score (nSPS) is 10.8. The highest BCUT2D eigenvalue weighted by molar-refractivity contribution is 5.91. The molecule has 0 saturated carbocycles. The van der Waals surface area contributed by atoms with Crippen LogP contribution in [0.5, 0.6) is 0 Å². The summed E-state index contributed by atoms with van der Waals surface area (Å²) >= 11 is 0. The van der Waals surface area contributed by atoms with Gasteiger partial charge in [-0.3, -0.25) is 9.59 Å². The van der Waals surface area contributed by atoms with E-state index < -0.39 is 79.1 Å². The molecule has 0 aliphatic heterocycles. The molecule has 2 rings (SSSR count). The molecule has 0 amide bonds. The van der Waals surface area contributed by atoms with Gasteiger partial charge < -0.3 is 98.1 Å². The van der Waals surface area contributed by atoms with Gasteiger partial charge in [-0.05, 0) is 69.2 Å². The number of carbonyl (C=O) groups excluding carboxylic acids is 8. The zero-order chi connectivity index (χ0) is 71.4. The molecular weight excluding hydrogens is 1290 g/mol. The van der Waals surface area contributed by atoms with E-state index in [1.54, 1.807) is 6.92 Å². The summed E-state index contributed by atoms with van der Waals surface area (Å²) < 4.78 is 70.5. The molecule has 0 fully saturated rings. The molecule has 2 aromatic rings. The van der Waals surface area contributed by atoms with Gasteiger partial charge in [0.15, 0.2) is 0 Å². The number of aliphatic hydroxyl groups excluding tert-OH is 3. The molecule has 0 spiro atoms. The number of benzene rings is 2. The van der Waals surface area contributed by atoms with Crippen LogP contribution in [0.15, 0.2) is 136 Å². The SMILES string of the molecule is C=C(C)C(=O)OCCCOC(=O)CC(=O)OCC(O)COC(=O)C(=C)C.C=C(C)C(=O)OCCCOCCCOCC(O)COC(=O)C(=C)C.C=CC(=O)OCCCOCCCOCC(O)COC(=O)C=C.C=Cc1ccc(COCCCOCc2ccc(C=C)cc2)cc1.O.O.O. The fourth-order valence-corrected chi connectivity index (χ4v) is 6.07. The van der Waals surface area contributed by atoms with Gasteiger partial charge in [0.2, 0.25) is 0 Å². The van der Waals surface area contributed by atoms with E-state index in [2.05, 4.69) is 91.1 Å². The first kappa shape index (κ1) is 98.3. The van der Waals surface area contributed by atoms with Crippen LogP contribution in [0.3, 0.4) is 0 Å². The Morgan fingerprint density at radius 1 is 0.347 bits per heavy atom. The van der Waals surface area contributed by atoms with Crippen LogP contribution < -0.4 is 0 Å². The van der Waals surface area contributed by atoms with Crippen LogP contribution in [-0.2, 0) is 118 Å². The lowest BCUT2D eigenvalue weighted by molar-refractivity contribution is -0.157. The first-order valence-corrected chi connectivity index (χ1v) is 30.5. The van der Waals surface area contributed by atoms with E-state index in [9.17, 15) is 53.7 Å². The molecule has 3 atom stereocenters. The predicted molar refractivity (Wildman–Crippen MR) is 364 cm³/mol. The largest absolute Gasteiger partial charge is 0.465 e. The van der Waals surface area contributed by atoms with Gasteiger partial charge in [-0.2, -0.15) is 0 Å². The van der Waals surface area contributed by atoms with Crippen LogP contribution in [0.1, 0.15) is 94.9 Å². The maximum atomic E-state index is 11.4. The lowest BCUT2D eigenvalue weighted by Crippen LogP contribution is -2.26. The van der Waals surface area contributed by atoms with Gasteiger partial charge in [0.1, 0.15) is 51.2 Å². The van der Waals surface area contributed by atoms with E-state index in [1.807, 2.05) is 36.4 Å². The van der Waals surface area contributed by atoms with Crippen molar-refractivity contribution in [2.45, 2.75) is 104 Å². The molecule has 28 heteroatoms. The summed E-state index contributed by atoms with van der Waals surface area (Å²) in [5.74, 6) is -4.86. The molecule has 554 valence electrons. The first-order chi connectivity index (χ1) is 45.4. The minimum absolute atomic E-state index is 0. The first-order valence-electron chi connectivity index (χ1n) is 30.5.